The van der Waals surface area contributed by atoms with Crippen molar-refractivity contribution in [2.45, 2.75) is 58.5 Å². The number of pyridine rings is 1. The van der Waals surface area contributed by atoms with Crippen LogP contribution in [0.3, 0.4) is 0 Å². The molecular weight excluding hydrogens is 542 g/mol. The van der Waals surface area contributed by atoms with E-state index < -0.39 is 24.5 Å². The Labute approximate surface area is 203 Å². The molecule has 1 aliphatic rings. The van der Waals surface area contributed by atoms with E-state index >= 15 is 0 Å². The van der Waals surface area contributed by atoms with E-state index in [4.69, 9.17) is 4.74 Å². The molecule has 0 spiro atoms. The maximum atomic E-state index is 12.2. The van der Waals surface area contributed by atoms with Gasteiger partial charge in [0.05, 0.1) is 12.6 Å². The van der Waals surface area contributed by atoms with Crippen LogP contribution in [0.2, 0.25) is 0 Å². The van der Waals surface area contributed by atoms with Crippen LogP contribution in [0.25, 0.3) is 0 Å². The predicted octanol–water partition coefficient (Wildman–Crippen LogP) is 3.71. The molecule has 2 heterocycles. The van der Waals surface area contributed by atoms with Crippen molar-refractivity contribution in [1.29, 1.82) is 0 Å². The maximum absolute atomic E-state index is 12.2. The van der Waals surface area contributed by atoms with Crippen molar-refractivity contribution in [3.63, 3.8) is 0 Å². The highest BCUT2D eigenvalue weighted by atomic mass is 127. The molecule has 1 aromatic heterocycles. The molecule has 0 saturated carbocycles. The third-order valence-electron chi connectivity index (χ3n) is 4.14. The second kappa shape index (κ2) is 12.3. The lowest BCUT2D eigenvalue weighted by Crippen LogP contribution is -2.44. The van der Waals surface area contributed by atoms with E-state index in [2.05, 4.69) is 25.3 Å². The van der Waals surface area contributed by atoms with E-state index in [9.17, 15) is 18.0 Å². The molecule has 0 radical (unpaired) electrons. The highest BCUT2D eigenvalue weighted by molar-refractivity contribution is 14.0. The Morgan fingerprint density at radius 3 is 2.59 bits per heavy atom. The number of aromatic nitrogens is 1. The van der Waals surface area contributed by atoms with Gasteiger partial charge in [-0.1, -0.05) is 6.07 Å². The Bertz CT molecular complexity index is 754. The molecule has 0 aromatic carbocycles. The second-order valence-corrected chi connectivity index (χ2v) is 8.16. The van der Waals surface area contributed by atoms with E-state index in [1.807, 2.05) is 32.6 Å². The number of guanidine groups is 1. The van der Waals surface area contributed by atoms with Crippen LogP contribution >= 0.6 is 24.0 Å². The summed E-state index contributed by atoms with van der Waals surface area (Å²) < 4.78 is 46.5. The molecule has 2 rings (SSSR count). The molecule has 1 amide bonds. The minimum Gasteiger partial charge on any atom is -0.468 e. The summed E-state index contributed by atoms with van der Waals surface area (Å²) in [6, 6.07) is 2.97. The van der Waals surface area contributed by atoms with Gasteiger partial charge in [0.1, 0.15) is 5.60 Å². The zero-order chi connectivity index (χ0) is 23.1. The van der Waals surface area contributed by atoms with Gasteiger partial charge in [-0.15, -0.1) is 24.0 Å². The van der Waals surface area contributed by atoms with E-state index in [0.717, 1.165) is 18.5 Å². The van der Waals surface area contributed by atoms with Gasteiger partial charge in [0, 0.05) is 31.9 Å². The van der Waals surface area contributed by atoms with E-state index in [1.54, 1.807) is 6.07 Å². The number of amides is 1. The average molecular weight is 573 g/mol. The zero-order valence-electron chi connectivity index (χ0n) is 18.7. The summed E-state index contributed by atoms with van der Waals surface area (Å²) in [5.41, 5.74) is 0.178. The maximum Gasteiger partial charge on any atom is 0.422 e. The number of carbonyl (C=O) groups excluding carboxylic acids is 1. The van der Waals surface area contributed by atoms with Crippen molar-refractivity contribution < 1.29 is 27.4 Å². The molecule has 0 aliphatic carbocycles. The lowest BCUT2D eigenvalue weighted by molar-refractivity contribution is -0.154. The van der Waals surface area contributed by atoms with Crippen LogP contribution in [-0.4, -0.2) is 66.0 Å². The molecular formula is C20H31F3IN5O3. The van der Waals surface area contributed by atoms with Gasteiger partial charge in [0.2, 0.25) is 5.88 Å². The van der Waals surface area contributed by atoms with Crippen LogP contribution in [0, 0.1) is 0 Å². The first-order valence-corrected chi connectivity index (χ1v) is 10.1. The summed E-state index contributed by atoms with van der Waals surface area (Å²) in [5, 5.41) is 6.09. The zero-order valence-corrected chi connectivity index (χ0v) is 21.0. The van der Waals surface area contributed by atoms with Gasteiger partial charge in [0.15, 0.2) is 12.6 Å². The highest BCUT2D eigenvalue weighted by Gasteiger charge is 2.29. The largest absolute Gasteiger partial charge is 0.468 e. The summed E-state index contributed by atoms with van der Waals surface area (Å²) in [6.07, 6.45) is -2.65. The number of nitrogens with zero attached hydrogens (tertiary/aromatic N) is 3. The number of alkyl halides is 3. The van der Waals surface area contributed by atoms with Crippen molar-refractivity contribution in [1.82, 2.24) is 20.5 Å². The Morgan fingerprint density at radius 1 is 1.31 bits per heavy atom. The molecule has 2 N–H and O–H groups in total. The lowest BCUT2D eigenvalue weighted by Gasteiger charge is -2.23. The van der Waals surface area contributed by atoms with Crippen molar-refractivity contribution in [3.8, 4) is 5.88 Å². The van der Waals surface area contributed by atoms with Gasteiger partial charge in [0.25, 0.3) is 0 Å². The molecule has 1 saturated heterocycles. The van der Waals surface area contributed by atoms with Crippen LogP contribution in [-0.2, 0) is 11.3 Å². The molecule has 1 aliphatic heterocycles. The first-order chi connectivity index (χ1) is 14.4. The molecule has 1 fully saturated rings. The molecule has 0 bridgehead atoms. The normalized spacial score (nSPS) is 16.9. The topological polar surface area (TPSA) is 88.1 Å². The predicted molar refractivity (Wildman–Crippen MR) is 125 cm³/mol. The van der Waals surface area contributed by atoms with Gasteiger partial charge in [-0.05, 0) is 39.7 Å². The van der Waals surface area contributed by atoms with Crippen LogP contribution in [0.15, 0.2) is 23.3 Å². The summed E-state index contributed by atoms with van der Waals surface area (Å²) in [4.78, 5) is 22.5. The Hall–Kier alpha value is -1.99. The van der Waals surface area contributed by atoms with Gasteiger partial charge in [-0.3, -0.25) is 0 Å². The number of hydrogen-bond donors (Lipinski definition) is 2. The summed E-state index contributed by atoms with van der Waals surface area (Å²) in [7, 11) is 0. The first-order valence-electron chi connectivity index (χ1n) is 10.1. The SMILES string of the molecule is CCNC(=NCc1ccc(OCC(F)(F)F)nc1)N1CCC(NC(=O)OC(C)(C)C)C1.I. The third-order valence-corrected chi connectivity index (χ3v) is 4.14. The number of ether oxygens (including phenoxy) is 2. The van der Waals surface area contributed by atoms with Crippen LogP contribution in [0.1, 0.15) is 39.7 Å². The van der Waals surface area contributed by atoms with Gasteiger partial charge in [-0.2, -0.15) is 13.2 Å². The van der Waals surface area contributed by atoms with E-state index in [-0.39, 0.29) is 35.9 Å². The molecule has 1 atom stereocenters. The van der Waals surface area contributed by atoms with E-state index in [0.29, 0.717) is 25.6 Å². The van der Waals surface area contributed by atoms with Crippen LogP contribution in [0.5, 0.6) is 5.88 Å². The Balaban J connectivity index is 0.00000512. The first kappa shape index (κ1) is 28.0. The molecule has 1 aromatic rings. The van der Waals surface area contributed by atoms with Crippen molar-refractivity contribution in [2.75, 3.05) is 26.2 Å². The van der Waals surface area contributed by atoms with E-state index in [1.165, 1.54) is 12.3 Å². The number of alkyl carbamates (subject to hydrolysis) is 1. The monoisotopic (exact) mass is 573 g/mol. The number of halogens is 4. The van der Waals surface area contributed by atoms with Crippen molar-refractivity contribution >= 4 is 36.0 Å². The van der Waals surface area contributed by atoms with Gasteiger partial charge in [-0.25, -0.2) is 14.8 Å². The smallest absolute Gasteiger partial charge is 0.422 e. The van der Waals surface area contributed by atoms with Crippen molar-refractivity contribution in [3.05, 3.63) is 23.9 Å². The average Bonchev–Trinajstić information content (AvgIpc) is 3.10. The fraction of sp³-hybridized carbons (Fsp3) is 0.650. The van der Waals surface area contributed by atoms with Gasteiger partial charge < -0.3 is 25.0 Å². The third kappa shape index (κ3) is 10.6. The number of nitrogens with one attached hydrogen (secondary N) is 2. The molecule has 8 nitrogen and oxygen atoms in total. The number of likely N-dealkylation sites (tertiary alicyclic amines) is 1. The quantitative estimate of drug-likeness (QED) is 0.307. The molecule has 32 heavy (non-hydrogen) atoms. The molecule has 182 valence electrons. The fourth-order valence-electron chi connectivity index (χ4n) is 2.88. The lowest BCUT2D eigenvalue weighted by atomic mass is 10.2. The highest BCUT2D eigenvalue weighted by Crippen LogP contribution is 2.17. The fourth-order valence-corrected chi connectivity index (χ4v) is 2.88. The Morgan fingerprint density at radius 2 is 2.03 bits per heavy atom. The van der Waals surface area contributed by atoms with Crippen molar-refractivity contribution in [2.24, 2.45) is 4.99 Å². The van der Waals surface area contributed by atoms with Crippen LogP contribution < -0.4 is 15.4 Å². The molecule has 1 unspecified atom stereocenters. The van der Waals surface area contributed by atoms with Gasteiger partial charge >= 0.3 is 12.3 Å². The summed E-state index contributed by atoms with van der Waals surface area (Å²) in [6.45, 7) is 8.29. The Kier molecular flexibility index (Phi) is 10.8. The summed E-state index contributed by atoms with van der Waals surface area (Å²) >= 11 is 0. The number of hydrogen-bond acceptors (Lipinski definition) is 5. The van der Waals surface area contributed by atoms with Crippen LogP contribution in [0.4, 0.5) is 18.0 Å². The number of aliphatic imine (C=N–C) groups is 1. The molecule has 12 heteroatoms. The summed E-state index contributed by atoms with van der Waals surface area (Å²) in [5.74, 6) is 0.598. The standard InChI is InChI=1S/C20H30F3N5O3.HI/c1-5-24-17(28-9-8-15(12-28)27-18(29)31-19(2,3)4)26-11-14-6-7-16(25-10-14)30-13-20(21,22)23;/h6-7,10,15H,5,8-9,11-13H2,1-4H3,(H,24,26)(H,27,29);1H. The minimum atomic E-state index is -4.41. The minimum absolute atomic E-state index is 0. The second-order valence-electron chi connectivity index (χ2n) is 8.16. The number of carbonyl (C=O) groups is 1. The number of rotatable bonds is 6.